The van der Waals surface area contributed by atoms with Crippen LogP contribution in [0.25, 0.3) is 22.5 Å². The Hall–Kier alpha value is -3.94. The van der Waals surface area contributed by atoms with Crippen LogP contribution in [0.15, 0.2) is 65.6 Å². The number of rotatable bonds is 4. The molecular weight excluding hydrogens is 390 g/mol. The molecule has 0 saturated carbocycles. The summed E-state index contributed by atoms with van der Waals surface area (Å²) in [4.78, 5) is 21.7. The second-order valence-corrected chi connectivity index (χ2v) is 6.58. The molecule has 0 N–H and O–H groups in total. The second-order valence-electron chi connectivity index (χ2n) is 6.58. The summed E-state index contributed by atoms with van der Waals surface area (Å²) in [5.41, 5.74) is 1.88. The number of para-hydroxylation sites is 1. The van der Waals surface area contributed by atoms with E-state index in [-0.39, 0.29) is 17.3 Å². The largest absolute Gasteiger partial charge is 0.336 e. The molecule has 4 rings (SSSR count). The molecule has 0 saturated heterocycles. The predicted molar refractivity (Wildman–Crippen MR) is 107 cm³/mol. The van der Waals surface area contributed by atoms with Gasteiger partial charge in [0, 0.05) is 18.7 Å². The molecule has 8 heteroatoms. The summed E-state index contributed by atoms with van der Waals surface area (Å²) in [6.07, 6.45) is 2.84. The van der Waals surface area contributed by atoms with E-state index < -0.39 is 17.5 Å². The lowest BCUT2D eigenvalue weighted by atomic mass is 10.0. The molecule has 0 aliphatic carbocycles. The predicted octanol–water partition coefficient (Wildman–Crippen LogP) is 5.07. The molecule has 6 nitrogen and oxygen atoms in total. The number of anilines is 2. The summed E-state index contributed by atoms with van der Waals surface area (Å²) in [6.45, 7) is 2.93. The monoisotopic (exact) mass is 406 g/mol. The van der Waals surface area contributed by atoms with Gasteiger partial charge in [-0.05, 0) is 36.8 Å². The van der Waals surface area contributed by atoms with Gasteiger partial charge in [-0.2, -0.15) is 0 Å². The third-order valence-corrected chi connectivity index (χ3v) is 4.57. The van der Waals surface area contributed by atoms with Crippen LogP contribution in [0.2, 0.25) is 0 Å². The van der Waals surface area contributed by atoms with Crippen LogP contribution in [-0.4, -0.2) is 21.0 Å². The lowest BCUT2D eigenvalue weighted by Gasteiger charge is -2.19. The summed E-state index contributed by atoms with van der Waals surface area (Å²) >= 11 is 0. The van der Waals surface area contributed by atoms with E-state index in [0.717, 1.165) is 4.90 Å². The third kappa shape index (κ3) is 3.43. The first-order valence-electron chi connectivity index (χ1n) is 9.05. The van der Waals surface area contributed by atoms with Crippen molar-refractivity contribution in [3.05, 3.63) is 78.3 Å². The normalized spacial score (nSPS) is 10.8. The van der Waals surface area contributed by atoms with E-state index in [1.54, 1.807) is 31.2 Å². The van der Waals surface area contributed by atoms with Gasteiger partial charge >= 0.3 is 0 Å². The fourth-order valence-electron chi connectivity index (χ4n) is 3.10. The summed E-state index contributed by atoms with van der Waals surface area (Å²) < 4.78 is 34.2. The molecule has 0 aliphatic heterocycles. The van der Waals surface area contributed by atoms with E-state index in [0.29, 0.717) is 22.4 Å². The van der Waals surface area contributed by atoms with Crippen molar-refractivity contribution in [2.24, 2.45) is 0 Å². The van der Waals surface area contributed by atoms with Crippen LogP contribution >= 0.6 is 0 Å². The first-order chi connectivity index (χ1) is 14.5. The molecular formula is C22H16F2N4O2. The highest BCUT2D eigenvalue weighted by Crippen LogP contribution is 2.42. The van der Waals surface area contributed by atoms with Gasteiger partial charge in [0.1, 0.15) is 23.7 Å². The minimum absolute atomic E-state index is 0.00177. The van der Waals surface area contributed by atoms with Gasteiger partial charge in [0.15, 0.2) is 0 Å². The van der Waals surface area contributed by atoms with E-state index in [1.807, 2.05) is 0 Å². The summed E-state index contributed by atoms with van der Waals surface area (Å²) in [6, 6.07) is 12.0. The Morgan fingerprint density at radius 1 is 1.07 bits per heavy atom. The van der Waals surface area contributed by atoms with Crippen molar-refractivity contribution in [1.82, 2.24) is 15.1 Å². The van der Waals surface area contributed by atoms with Gasteiger partial charge in [-0.1, -0.05) is 29.4 Å². The zero-order chi connectivity index (χ0) is 21.3. The Labute approximate surface area is 170 Å². The standard InChI is InChI=1S/C22H16F2N4O2/c1-13-7-8-15(11-17(13)24)21-20(18-9-10-25-12-26-18)22(30-27-21)28(14(2)29)19-6-4-3-5-16(19)23/h3-12H,1-2H3. The number of nitrogens with zero attached hydrogens (tertiary/aromatic N) is 4. The van der Waals surface area contributed by atoms with Gasteiger partial charge in [0.25, 0.3) is 0 Å². The number of benzene rings is 2. The van der Waals surface area contributed by atoms with E-state index in [4.69, 9.17) is 4.52 Å². The fourth-order valence-corrected chi connectivity index (χ4v) is 3.10. The number of carbonyl (C=O) groups excluding carboxylic acids is 1. The van der Waals surface area contributed by atoms with Crippen molar-refractivity contribution in [3.8, 4) is 22.5 Å². The molecule has 0 unspecified atom stereocenters. The van der Waals surface area contributed by atoms with Crippen molar-refractivity contribution in [2.75, 3.05) is 4.90 Å². The highest BCUT2D eigenvalue weighted by atomic mass is 19.1. The first-order valence-corrected chi connectivity index (χ1v) is 9.05. The lowest BCUT2D eigenvalue weighted by Crippen LogP contribution is -2.24. The van der Waals surface area contributed by atoms with Crippen LogP contribution in [0.1, 0.15) is 12.5 Å². The SMILES string of the molecule is CC(=O)N(c1ccccc1F)c1onc(-c2ccc(C)c(F)c2)c1-c1ccncn1. The van der Waals surface area contributed by atoms with Crippen molar-refractivity contribution in [3.63, 3.8) is 0 Å². The second kappa shape index (κ2) is 7.82. The number of amides is 1. The Bertz CT molecular complexity index is 1230. The highest BCUT2D eigenvalue weighted by molar-refractivity contribution is 6.03. The van der Waals surface area contributed by atoms with Crippen LogP contribution in [0, 0.1) is 18.6 Å². The topological polar surface area (TPSA) is 72.1 Å². The maximum absolute atomic E-state index is 14.5. The summed E-state index contributed by atoms with van der Waals surface area (Å²) in [7, 11) is 0. The lowest BCUT2D eigenvalue weighted by molar-refractivity contribution is -0.116. The van der Waals surface area contributed by atoms with Gasteiger partial charge in [0.05, 0.1) is 16.9 Å². The van der Waals surface area contributed by atoms with Crippen LogP contribution in [0.5, 0.6) is 0 Å². The molecule has 2 aromatic carbocycles. The number of carbonyl (C=O) groups is 1. The Morgan fingerprint density at radius 3 is 2.53 bits per heavy atom. The minimum atomic E-state index is -0.610. The number of aromatic nitrogens is 3. The molecule has 0 radical (unpaired) electrons. The molecule has 30 heavy (non-hydrogen) atoms. The van der Waals surface area contributed by atoms with Gasteiger partial charge in [0.2, 0.25) is 11.8 Å². The summed E-state index contributed by atoms with van der Waals surface area (Å²) in [5, 5.41) is 4.07. The van der Waals surface area contributed by atoms with Gasteiger partial charge in [-0.25, -0.2) is 23.6 Å². The van der Waals surface area contributed by atoms with Crippen molar-refractivity contribution in [1.29, 1.82) is 0 Å². The Kier molecular flexibility index (Phi) is 5.05. The average molecular weight is 406 g/mol. The molecule has 0 bridgehead atoms. The van der Waals surface area contributed by atoms with Gasteiger partial charge in [-0.3, -0.25) is 4.79 Å². The number of hydrogen-bond donors (Lipinski definition) is 0. The van der Waals surface area contributed by atoms with Crippen LogP contribution in [-0.2, 0) is 4.79 Å². The molecule has 0 spiro atoms. The van der Waals surface area contributed by atoms with E-state index >= 15 is 0 Å². The molecule has 0 fully saturated rings. The number of hydrogen-bond acceptors (Lipinski definition) is 5. The molecule has 0 aliphatic rings. The van der Waals surface area contributed by atoms with Crippen LogP contribution in [0.3, 0.4) is 0 Å². The van der Waals surface area contributed by atoms with E-state index in [2.05, 4.69) is 15.1 Å². The summed E-state index contributed by atoms with van der Waals surface area (Å²) in [5.74, 6) is -1.54. The van der Waals surface area contributed by atoms with E-state index in [1.165, 1.54) is 43.7 Å². The quantitative estimate of drug-likeness (QED) is 0.473. The maximum atomic E-state index is 14.5. The van der Waals surface area contributed by atoms with Gasteiger partial charge < -0.3 is 4.52 Å². The highest BCUT2D eigenvalue weighted by Gasteiger charge is 2.29. The maximum Gasteiger partial charge on any atom is 0.248 e. The molecule has 0 atom stereocenters. The molecule has 4 aromatic rings. The van der Waals surface area contributed by atoms with Crippen molar-refractivity contribution in [2.45, 2.75) is 13.8 Å². The van der Waals surface area contributed by atoms with Crippen molar-refractivity contribution < 1.29 is 18.1 Å². The Morgan fingerprint density at radius 2 is 1.87 bits per heavy atom. The molecule has 2 heterocycles. The molecule has 2 aromatic heterocycles. The average Bonchev–Trinajstić information content (AvgIpc) is 3.16. The minimum Gasteiger partial charge on any atom is -0.336 e. The Balaban J connectivity index is 1.98. The number of aryl methyl sites for hydroxylation is 1. The van der Waals surface area contributed by atoms with Gasteiger partial charge in [-0.15, -0.1) is 0 Å². The zero-order valence-corrected chi connectivity index (χ0v) is 16.1. The van der Waals surface area contributed by atoms with E-state index in [9.17, 15) is 13.6 Å². The van der Waals surface area contributed by atoms with Crippen molar-refractivity contribution >= 4 is 17.5 Å². The van der Waals surface area contributed by atoms with Crippen LogP contribution < -0.4 is 4.90 Å². The first kappa shape index (κ1) is 19.4. The zero-order valence-electron chi connectivity index (χ0n) is 16.1. The molecule has 1 amide bonds. The number of halogens is 2. The van der Waals surface area contributed by atoms with Crippen LogP contribution in [0.4, 0.5) is 20.4 Å². The third-order valence-electron chi connectivity index (χ3n) is 4.57. The smallest absolute Gasteiger partial charge is 0.248 e. The fraction of sp³-hybridized carbons (Fsp3) is 0.0909. The molecule has 150 valence electrons.